The van der Waals surface area contributed by atoms with Gasteiger partial charge in [-0.25, -0.2) is 0 Å². The molecule has 0 N–H and O–H groups in total. The Bertz CT molecular complexity index is 631. The highest BCUT2D eigenvalue weighted by Crippen LogP contribution is 2.39. The molecule has 0 aliphatic carbocycles. The van der Waals surface area contributed by atoms with Crippen LogP contribution in [0.3, 0.4) is 0 Å². The second kappa shape index (κ2) is 7.73. The molecular weight excluding hydrogens is 394 g/mol. The van der Waals surface area contributed by atoms with Gasteiger partial charge in [0, 0.05) is 20.9 Å². The average Bonchev–Trinajstić information content (AvgIpc) is 2.45. The predicted octanol–water partition coefficient (Wildman–Crippen LogP) is 6.72. The zero-order valence-corrected chi connectivity index (χ0v) is 15.2. The highest BCUT2D eigenvalue weighted by atomic mass is 79.9. The van der Waals surface area contributed by atoms with Gasteiger partial charge in [-0.2, -0.15) is 0 Å². The molecule has 0 radical (unpaired) electrons. The van der Waals surface area contributed by atoms with Crippen LogP contribution in [0.15, 0.2) is 36.4 Å². The average molecular weight is 409 g/mol. The lowest BCUT2D eigenvalue weighted by Gasteiger charge is -2.15. The maximum atomic E-state index is 6.34. The van der Waals surface area contributed by atoms with Gasteiger partial charge < -0.3 is 4.74 Å². The molecule has 2 aromatic carbocycles. The van der Waals surface area contributed by atoms with Gasteiger partial charge in [0.1, 0.15) is 5.75 Å². The van der Waals surface area contributed by atoms with Gasteiger partial charge in [0.15, 0.2) is 0 Å². The summed E-state index contributed by atoms with van der Waals surface area (Å²) in [4.78, 5) is 0.0260. The van der Waals surface area contributed by atoms with Crippen molar-refractivity contribution in [1.82, 2.24) is 0 Å². The van der Waals surface area contributed by atoms with E-state index in [1.54, 1.807) is 6.07 Å². The number of benzene rings is 2. The summed E-state index contributed by atoms with van der Waals surface area (Å²) < 4.78 is 5.44. The summed E-state index contributed by atoms with van der Waals surface area (Å²) >= 11 is 22.4. The van der Waals surface area contributed by atoms with Gasteiger partial charge >= 0.3 is 0 Å². The van der Waals surface area contributed by atoms with Gasteiger partial charge in [-0.1, -0.05) is 68.9 Å². The second-order valence-electron chi connectivity index (χ2n) is 4.50. The summed E-state index contributed by atoms with van der Waals surface area (Å²) in [5.74, 6) is 0.602. The Morgan fingerprint density at radius 1 is 1.05 bits per heavy atom. The molecule has 0 fully saturated rings. The van der Waals surface area contributed by atoms with Crippen LogP contribution in [0.1, 0.15) is 22.9 Å². The third-order valence-corrected chi connectivity index (χ3v) is 4.85. The zero-order chi connectivity index (χ0) is 15.4. The van der Waals surface area contributed by atoms with Crippen LogP contribution < -0.4 is 4.74 Å². The van der Waals surface area contributed by atoms with Gasteiger partial charge in [0.2, 0.25) is 0 Å². The van der Waals surface area contributed by atoms with E-state index in [2.05, 4.69) is 15.9 Å². The normalized spacial score (nSPS) is 12.2. The lowest BCUT2D eigenvalue weighted by Crippen LogP contribution is -1.99. The fourth-order valence-corrected chi connectivity index (χ4v) is 3.60. The van der Waals surface area contributed by atoms with Crippen LogP contribution >= 0.6 is 50.7 Å². The van der Waals surface area contributed by atoms with Crippen LogP contribution in [0.5, 0.6) is 5.75 Å². The first-order valence-corrected chi connectivity index (χ1v) is 8.57. The van der Waals surface area contributed by atoms with Gasteiger partial charge in [-0.05, 0) is 36.6 Å². The van der Waals surface area contributed by atoms with Crippen LogP contribution in [-0.2, 0) is 6.42 Å². The van der Waals surface area contributed by atoms with Gasteiger partial charge in [-0.3, -0.25) is 0 Å². The Hall–Kier alpha value is -0.410. The van der Waals surface area contributed by atoms with E-state index in [1.165, 1.54) is 0 Å². The summed E-state index contributed by atoms with van der Waals surface area (Å²) in [7, 11) is 0. The van der Waals surface area contributed by atoms with Crippen molar-refractivity contribution in [3.63, 3.8) is 0 Å². The lowest BCUT2D eigenvalue weighted by atomic mass is 10.0. The highest BCUT2D eigenvalue weighted by molar-refractivity contribution is 9.09. The fraction of sp³-hybridized carbons (Fsp3) is 0.250. The van der Waals surface area contributed by atoms with Crippen LogP contribution in [0.4, 0.5) is 0 Å². The molecule has 0 saturated carbocycles. The molecule has 0 heterocycles. The Kier molecular flexibility index (Phi) is 6.24. The molecule has 0 aliphatic rings. The smallest absolute Gasteiger partial charge is 0.139 e. The predicted molar refractivity (Wildman–Crippen MR) is 94.5 cm³/mol. The number of ether oxygens (including phenoxy) is 1. The number of rotatable bonds is 5. The molecule has 0 aliphatic heterocycles. The first-order chi connectivity index (χ1) is 10.0. The van der Waals surface area contributed by atoms with E-state index in [1.807, 2.05) is 37.3 Å². The van der Waals surface area contributed by atoms with Gasteiger partial charge in [-0.15, -0.1) is 0 Å². The maximum absolute atomic E-state index is 6.34. The molecule has 1 nitrogen and oxygen atoms in total. The summed E-state index contributed by atoms with van der Waals surface area (Å²) in [6.45, 7) is 2.45. The molecule has 0 bridgehead atoms. The van der Waals surface area contributed by atoms with Gasteiger partial charge in [0.05, 0.1) is 11.6 Å². The molecule has 2 rings (SSSR count). The third-order valence-electron chi connectivity index (χ3n) is 3.05. The minimum atomic E-state index is 0.0260. The van der Waals surface area contributed by atoms with Crippen LogP contribution in [0, 0.1) is 0 Å². The van der Waals surface area contributed by atoms with Crippen molar-refractivity contribution in [1.29, 1.82) is 0 Å². The summed E-state index contributed by atoms with van der Waals surface area (Å²) in [5, 5.41) is 1.92. The standard InChI is InChI=1S/C16H14BrCl3O/c1-2-21-16-9-14(19)11(8-15(16)20)12(17)7-10-5-3-4-6-13(10)18/h3-6,8-9,12H,2,7H2,1H3. The monoisotopic (exact) mass is 406 g/mol. The minimum Gasteiger partial charge on any atom is -0.492 e. The Balaban J connectivity index is 2.25. The van der Waals surface area contributed by atoms with E-state index in [0.717, 1.165) is 22.6 Å². The first-order valence-electron chi connectivity index (χ1n) is 6.52. The number of alkyl halides is 1. The van der Waals surface area contributed by atoms with Crippen molar-refractivity contribution in [3.8, 4) is 5.75 Å². The molecule has 1 unspecified atom stereocenters. The van der Waals surface area contributed by atoms with Crippen LogP contribution in [0.2, 0.25) is 15.1 Å². The first kappa shape index (κ1) is 17.0. The van der Waals surface area contributed by atoms with Crippen molar-refractivity contribution in [3.05, 3.63) is 62.6 Å². The van der Waals surface area contributed by atoms with Crippen LogP contribution in [0.25, 0.3) is 0 Å². The summed E-state index contributed by atoms with van der Waals surface area (Å²) in [5.41, 5.74) is 1.98. The topological polar surface area (TPSA) is 9.23 Å². The molecule has 5 heteroatoms. The molecule has 21 heavy (non-hydrogen) atoms. The summed E-state index contributed by atoms with van der Waals surface area (Å²) in [6.07, 6.45) is 0.726. The second-order valence-corrected chi connectivity index (χ2v) is 6.83. The fourth-order valence-electron chi connectivity index (χ4n) is 2.02. The van der Waals surface area contributed by atoms with E-state index in [-0.39, 0.29) is 4.83 Å². The van der Waals surface area contributed by atoms with Gasteiger partial charge in [0.25, 0.3) is 0 Å². The van der Waals surface area contributed by atoms with Crippen molar-refractivity contribution >= 4 is 50.7 Å². The minimum absolute atomic E-state index is 0.0260. The molecular formula is C16H14BrCl3O. The Labute approximate surface area is 148 Å². The van der Waals surface area contributed by atoms with Crippen molar-refractivity contribution in [2.45, 2.75) is 18.2 Å². The zero-order valence-electron chi connectivity index (χ0n) is 11.4. The Morgan fingerprint density at radius 2 is 1.76 bits per heavy atom. The molecule has 2 aromatic rings. The quantitative estimate of drug-likeness (QED) is 0.499. The van der Waals surface area contributed by atoms with E-state index in [0.29, 0.717) is 22.4 Å². The lowest BCUT2D eigenvalue weighted by molar-refractivity contribution is 0.340. The van der Waals surface area contributed by atoms with Crippen molar-refractivity contribution in [2.75, 3.05) is 6.61 Å². The van der Waals surface area contributed by atoms with E-state index in [9.17, 15) is 0 Å². The largest absolute Gasteiger partial charge is 0.492 e. The molecule has 112 valence electrons. The Morgan fingerprint density at radius 3 is 2.43 bits per heavy atom. The molecule has 0 saturated heterocycles. The highest BCUT2D eigenvalue weighted by Gasteiger charge is 2.16. The molecule has 0 aromatic heterocycles. The number of hydrogen-bond donors (Lipinski definition) is 0. The maximum Gasteiger partial charge on any atom is 0.139 e. The van der Waals surface area contributed by atoms with E-state index in [4.69, 9.17) is 39.5 Å². The van der Waals surface area contributed by atoms with E-state index >= 15 is 0 Å². The van der Waals surface area contributed by atoms with E-state index < -0.39 is 0 Å². The van der Waals surface area contributed by atoms with Crippen molar-refractivity contribution < 1.29 is 4.74 Å². The third kappa shape index (κ3) is 4.29. The number of hydrogen-bond acceptors (Lipinski definition) is 1. The SMILES string of the molecule is CCOc1cc(Cl)c(C(Br)Cc2ccccc2Cl)cc1Cl. The summed E-state index contributed by atoms with van der Waals surface area (Å²) in [6, 6.07) is 11.3. The molecule has 1 atom stereocenters. The van der Waals surface area contributed by atoms with Crippen molar-refractivity contribution in [2.24, 2.45) is 0 Å². The number of halogens is 4. The molecule has 0 amide bonds. The molecule has 0 spiro atoms. The van der Waals surface area contributed by atoms with Crippen LogP contribution in [-0.4, -0.2) is 6.61 Å².